The molecule has 226 valence electrons. The van der Waals surface area contributed by atoms with Crippen molar-refractivity contribution in [3.05, 3.63) is 76.5 Å². The first-order valence-electron chi connectivity index (χ1n) is 16.9. The summed E-state index contributed by atoms with van der Waals surface area (Å²) < 4.78 is 28.7. The second-order valence-electron chi connectivity index (χ2n) is 16.0. The number of aryl methyl sites for hydroxylation is 1. The summed E-state index contributed by atoms with van der Waals surface area (Å²) in [6.07, 6.45) is 3.46. The van der Waals surface area contributed by atoms with Crippen molar-refractivity contribution in [1.29, 1.82) is 0 Å². The lowest BCUT2D eigenvalue weighted by atomic mass is 9.59. The molecule has 1 aliphatic rings. The predicted octanol–water partition coefficient (Wildman–Crippen LogP) is 10.4. The molecule has 3 aromatic carbocycles. The number of pyridine rings is 1. The molecule has 2 aromatic heterocycles. The number of hydrogen-bond donors (Lipinski definition) is 2. The van der Waals surface area contributed by atoms with Gasteiger partial charge in [0.2, 0.25) is 0 Å². The van der Waals surface area contributed by atoms with Crippen LogP contribution in [0.25, 0.3) is 42.2 Å². The molecular formula is C39H47NO2S. The largest absolute Gasteiger partial charge is 0.361 e. The molecule has 0 fully saturated rings. The summed E-state index contributed by atoms with van der Waals surface area (Å²) >= 11 is 1.60. The van der Waals surface area contributed by atoms with Gasteiger partial charge in [-0.3, -0.25) is 4.98 Å². The number of benzene rings is 3. The maximum atomic E-state index is 12.1. The molecule has 0 saturated carbocycles. The average Bonchev–Trinajstić information content (AvgIpc) is 3.31. The highest BCUT2D eigenvalue weighted by molar-refractivity contribution is 7.26. The van der Waals surface area contributed by atoms with Gasteiger partial charge in [-0.05, 0) is 87.2 Å². The van der Waals surface area contributed by atoms with E-state index in [1.807, 2.05) is 6.07 Å². The molecule has 0 aliphatic heterocycles. The Kier molecular flexibility index (Phi) is 5.79. The summed E-state index contributed by atoms with van der Waals surface area (Å²) in [6, 6.07) is 14.7. The summed E-state index contributed by atoms with van der Waals surface area (Å²) in [6.45, 7) is 18.0. The average molecular weight is 597 g/mol. The monoisotopic (exact) mass is 596 g/mol. The molecule has 1 aliphatic carbocycles. The Hall–Kier alpha value is -2.79. The van der Waals surface area contributed by atoms with E-state index in [1.54, 1.807) is 38.3 Å². The maximum absolute atomic E-state index is 12.1. The second kappa shape index (κ2) is 9.36. The van der Waals surface area contributed by atoms with Crippen molar-refractivity contribution < 1.29 is 14.3 Å². The summed E-state index contributed by atoms with van der Waals surface area (Å²) in [5.41, 5.74) is 3.04. The first-order chi connectivity index (χ1) is 21.0. The zero-order valence-corrected chi connectivity index (χ0v) is 28.1. The molecule has 2 heterocycles. The molecule has 0 bridgehead atoms. The van der Waals surface area contributed by atoms with Crippen molar-refractivity contribution in [2.75, 3.05) is 0 Å². The van der Waals surface area contributed by atoms with Crippen molar-refractivity contribution in [3.63, 3.8) is 0 Å². The molecule has 5 aromatic rings. The molecule has 0 unspecified atom stereocenters. The molecular weight excluding hydrogens is 547 g/mol. The van der Waals surface area contributed by atoms with Crippen molar-refractivity contribution in [1.82, 2.24) is 4.98 Å². The topological polar surface area (TPSA) is 53.4 Å². The lowest BCUT2D eigenvalue weighted by molar-refractivity contribution is -0.239. The van der Waals surface area contributed by atoms with E-state index in [9.17, 15) is 10.2 Å². The van der Waals surface area contributed by atoms with Crippen molar-refractivity contribution in [2.24, 2.45) is 5.41 Å². The fraction of sp³-hybridized carbons (Fsp3) is 0.462. The van der Waals surface area contributed by atoms with Crippen LogP contribution in [-0.2, 0) is 22.0 Å². The molecule has 0 radical (unpaired) electrons. The molecule has 2 N–H and O–H groups in total. The Balaban J connectivity index is 1.86. The highest BCUT2D eigenvalue weighted by atomic mass is 32.1. The minimum absolute atomic E-state index is 0.0456. The molecule has 43 heavy (non-hydrogen) atoms. The Morgan fingerprint density at radius 1 is 0.837 bits per heavy atom. The minimum Gasteiger partial charge on any atom is -0.361 e. The third-order valence-electron chi connectivity index (χ3n) is 9.90. The number of aromatic nitrogens is 1. The first-order valence-corrected chi connectivity index (χ1v) is 16.2. The third kappa shape index (κ3) is 4.47. The summed E-state index contributed by atoms with van der Waals surface area (Å²) in [5, 5.41) is 28.0. The number of fused-ring (bicyclic) bond motifs is 6. The van der Waals surface area contributed by atoms with Gasteiger partial charge in [-0.1, -0.05) is 93.5 Å². The van der Waals surface area contributed by atoms with Gasteiger partial charge in [0.1, 0.15) is 0 Å². The van der Waals surface area contributed by atoms with Gasteiger partial charge in [0.25, 0.3) is 0 Å². The zero-order valence-electron chi connectivity index (χ0n) is 30.3. The van der Waals surface area contributed by atoms with E-state index in [0.29, 0.717) is 5.39 Å². The highest BCUT2D eigenvalue weighted by Crippen LogP contribution is 2.57. The number of aliphatic hydroxyl groups is 2. The van der Waals surface area contributed by atoms with E-state index in [-0.39, 0.29) is 22.0 Å². The summed E-state index contributed by atoms with van der Waals surface area (Å²) in [4.78, 5) is 4.95. The smallest absolute Gasteiger partial charge is 0.195 e. The molecule has 0 amide bonds. The zero-order chi connectivity index (χ0) is 34.0. The number of thiophene rings is 1. The molecule has 6 rings (SSSR count). The Bertz CT molecular complexity index is 2040. The van der Waals surface area contributed by atoms with Crippen LogP contribution in [-0.4, -0.2) is 15.2 Å². The lowest BCUT2D eigenvalue weighted by Crippen LogP contribution is -2.45. The molecule has 0 atom stereocenters. The third-order valence-corrected chi connectivity index (χ3v) is 11.1. The van der Waals surface area contributed by atoms with E-state index >= 15 is 0 Å². The number of nitrogens with zero attached hydrogens (tertiary/aromatic N) is 1. The van der Waals surface area contributed by atoms with Crippen LogP contribution < -0.4 is 0 Å². The van der Waals surface area contributed by atoms with Crippen molar-refractivity contribution >= 4 is 42.3 Å². The van der Waals surface area contributed by atoms with Gasteiger partial charge in [0.15, 0.2) is 5.79 Å². The lowest BCUT2D eigenvalue weighted by Gasteiger charge is -2.47. The van der Waals surface area contributed by atoms with Crippen LogP contribution in [0.5, 0.6) is 0 Å². The Labute approximate surface area is 265 Å². The highest BCUT2D eigenvalue weighted by Gasteiger charge is 2.49. The molecule has 4 heteroatoms. The van der Waals surface area contributed by atoms with E-state index in [2.05, 4.69) is 84.9 Å². The first kappa shape index (κ1) is 26.6. The van der Waals surface area contributed by atoms with E-state index in [0.717, 1.165) is 55.4 Å². The minimum atomic E-state index is -2.61. The fourth-order valence-corrected chi connectivity index (χ4v) is 8.68. The Morgan fingerprint density at radius 3 is 2.12 bits per heavy atom. The second-order valence-corrected chi connectivity index (χ2v) is 17.0. The maximum Gasteiger partial charge on any atom is 0.195 e. The van der Waals surface area contributed by atoms with Crippen LogP contribution in [0.2, 0.25) is 0 Å². The van der Waals surface area contributed by atoms with Crippen molar-refractivity contribution in [3.8, 4) is 11.3 Å². The SMILES string of the molecule is [2H]C([2H])([2H])c1c(C(O)(O)C(C)(C)C)c2c(c3sc4c(-c5cc(C(C)(C)C)c6ccccc6c5)nccc4c13)C(C)(C)CCC2(C)C. The van der Waals surface area contributed by atoms with Gasteiger partial charge in [0.05, 0.1) is 10.4 Å². The molecule has 0 saturated heterocycles. The van der Waals surface area contributed by atoms with Crippen LogP contribution >= 0.6 is 11.3 Å². The number of rotatable bonds is 2. The van der Waals surface area contributed by atoms with Crippen LogP contribution in [0.1, 0.15) is 114 Å². The van der Waals surface area contributed by atoms with Gasteiger partial charge in [-0.15, -0.1) is 11.3 Å². The van der Waals surface area contributed by atoms with Crippen molar-refractivity contribution in [2.45, 2.75) is 111 Å². The quantitative estimate of drug-likeness (QED) is 0.199. The summed E-state index contributed by atoms with van der Waals surface area (Å²) in [7, 11) is 0. The van der Waals surface area contributed by atoms with Gasteiger partial charge in [-0.25, -0.2) is 0 Å². The van der Waals surface area contributed by atoms with Crippen LogP contribution in [0, 0.1) is 12.3 Å². The van der Waals surface area contributed by atoms with Crippen LogP contribution in [0.4, 0.5) is 0 Å². The van der Waals surface area contributed by atoms with Crippen LogP contribution in [0.3, 0.4) is 0 Å². The standard InChI is InChI=1S/C39H47NO2S/c1-22-28-26-16-19-40-32(24-20-23-14-12-13-15-25(23)27(21-24)35(2,3)4)33(26)43-34(28)31-30(29(22)39(41,42)36(5,6)7)37(8,9)17-18-38(31,10)11/h12-16,19-21,41-42H,17-18H2,1-11H3/i1D3. The van der Waals surface area contributed by atoms with Gasteiger partial charge < -0.3 is 10.2 Å². The van der Waals surface area contributed by atoms with Crippen LogP contribution in [0.15, 0.2) is 48.7 Å². The fourth-order valence-electron chi connectivity index (χ4n) is 7.13. The van der Waals surface area contributed by atoms with E-state index in [1.165, 1.54) is 10.9 Å². The molecule has 3 nitrogen and oxygen atoms in total. The van der Waals surface area contributed by atoms with Gasteiger partial charge in [0, 0.05) is 42.3 Å². The van der Waals surface area contributed by atoms with Gasteiger partial charge in [-0.2, -0.15) is 0 Å². The normalized spacial score (nSPS) is 18.5. The van der Waals surface area contributed by atoms with E-state index in [4.69, 9.17) is 9.10 Å². The number of hydrogen-bond acceptors (Lipinski definition) is 4. The van der Waals surface area contributed by atoms with Gasteiger partial charge >= 0.3 is 0 Å². The Morgan fingerprint density at radius 2 is 1.49 bits per heavy atom. The predicted molar refractivity (Wildman–Crippen MR) is 184 cm³/mol. The molecule has 0 spiro atoms. The summed E-state index contributed by atoms with van der Waals surface area (Å²) in [5.74, 6) is -2.40. The van der Waals surface area contributed by atoms with E-state index < -0.39 is 23.5 Å².